The van der Waals surface area contributed by atoms with E-state index in [2.05, 4.69) is 14.9 Å². The zero-order valence-corrected chi connectivity index (χ0v) is 12.9. The number of carboxylic acids is 1. The lowest BCUT2D eigenvalue weighted by Gasteiger charge is -2.35. The molecule has 0 radical (unpaired) electrons. The quantitative estimate of drug-likeness (QED) is 0.896. The summed E-state index contributed by atoms with van der Waals surface area (Å²) in [6, 6.07) is 1.80. The van der Waals surface area contributed by atoms with Crippen molar-refractivity contribution in [3.63, 3.8) is 0 Å². The smallest absolute Gasteiger partial charge is 0.303 e. The van der Waals surface area contributed by atoms with E-state index in [1.807, 2.05) is 13.8 Å². The molecule has 2 rings (SSSR count). The number of carboxylic acid groups (broad SMARTS) is 1. The number of anilines is 1. The molecule has 2 atom stereocenters. The summed E-state index contributed by atoms with van der Waals surface area (Å²) in [4.78, 5) is 21.9. The fourth-order valence-electron chi connectivity index (χ4n) is 2.87. The van der Waals surface area contributed by atoms with Crippen LogP contribution in [-0.2, 0) is 4.79 Å². The van der Waals surface area contributed by atoms with Gasteiger partial charge in [0.25, 0.3) is 0 Å². The van der Waals surface area contributed by atoms with Gasteiger partial charge in [-0.15, -0.1) is 0 Å². The van der Waals surface area contributed by atoms with Gasteiger partial charge < -0.3 is 14.7 Å². The molecular weight excluding hydrogens is 270 g/mol. The van der Waals surface area contributed by atoms with E-state index >= 15 is 0 Å². The summed E-state index contributed by atoms with van der Waals surface area (Å²) in [6.07, 6.45) is 2.32. The molecule has 1 aromatic heterocycles. The molecule has 116 valence electrons. The minimum Gasteiger partial charge on any atom is -0.481 e. The van der Waals surface area contributed by atoms with Crippen molar-refractivity contribution >= 4 is 11.9 Å². The summed E-state index contributed by atoms with van der Waals surface area (Å²) in [7, 11) is 1.60. The lowest BCUT2D eigenvalue weighted by Crippen LogP contribution is -2.39. The Bertz CT molecular complexity index is 507. The van der Waals surface area contributed by atoms with Gasteiger partial charge in [0, 0.05) is 31.3 Å². The van der Waals surface area contributed by atoms with Crippen molar-refractivity contribution in [3.8, 4) is 5.88 Å². The average Bonchev–Trinajstić information content (AvgIpc) is 2.46. The molecule has 0 spiro atoms. The zero-order chi connectivity index (χ0) is 15.4. The van der Waals surface area contributed by atoms with Crippen LogP contribution in [0, 0.1) is 18.8 Å². The van der Waals surface area contributed by atoms with Crippen molar-refractivity contribution in [1.82, 2.24) is 9.97 Å². The average molecular weight is 293 g/mol. The Morgan fingerprint density at radius 3 is 3.00 bits per heavy atom. The van der Waals surface area contributed by atoms with Gasteiger partial charge in [-0.3, -0.25) is 4.79 Å². The lowest BCUT2D eigenvalue weighted by molar-refractivity contribution is -0.138. The van der Waals surface area contributed by atoms with Crippen molar-refractivity contribution in [2.45, 2.75) is 33.1 Å². The van der Waals surface area contributed by atoms with E-state index in [0.717, 1.165) is 31.6 Å². The second-order valence-corrected chi connectivity index (χ2v) is 5.78. The summed E-state index contributed by atoms with van der Waals surface area (Å²) >= 11 is 0. The predicted molar refractivity (Wildman–Crippen MR) is 79.7 cm³/mol. The van der Waals surface area contributed by atoms with Crippen LogP contribution < -0.4 is 9.64 Å². The molecule has 1 saturated heterocycles. The van der Waals surface area contributed by atoms with Crippen molar-refractivity contribution < 1.29 is 14.6 Å². The SMILES string of the molecule is COc1cc(C)nc(N2CCCC(C(C)CC(=O)O)C2)n1. The molecule has 21 heavy (non-hydrogen) atoms. The largest absolute Gasteiger partial charge is 0.481 e. The van der Waals surface area contributed by atoms with Gasteiger partial charge in [-0.05, 0) is 31.6 Å². The number of rotatable bonds is 5. The van der Waals surface area contributed by atoms with Gasteiger partial charge in [0.05, 0.1) is 7.11 Å². The molecule has 0 amide bonds. The van der Waals surface area contributed by atoms with Gasteiger partial charge in [0.15, 0.2) is 0 Å². The van der Waals surface area contributed by atoms with E-state index in [9.17, 15) is 4.79 Å². The maximum atomic E-state index is 10.9. The first-order valence-corrected chi connectivity index (χ1v) is 7.36. The Labute approximate surface area is 125 Å². The molecule has 2 unspecified atom stereocenters. The van der Waals surface area contributed by atoms with E-state index in [0.29, 0.717) is 17.7 Å². The second kappa shape index (κ2) is 6.74. The monoisotopic (exact) mass is 293 g/mol. The molecule has 0 saturated carbocycles. The highest BCUT2D eigenvalue weighted by atomic mass is 16.5. The first-order chi connectivity index (χ1) is 9.99. The molecule has 2 heterocycles. The molecule has 0 aliphatic carbocycles. The van der Waals surface area contributed by atoms with E-state index in [1.54, 1.807) is 13.2 Å². The third-order valence-corrected chi connectivity index (χ3v) is 4.07. The number of aliphatic carboxylic acids is 1. The number of ether oxygens (including phenoxy) is 1. The molecule has 1 aliphatic rings. The highest BCUT2D eigenvalue weighted by Crippen LogP contribution is 2.28. The normalized spacial score (nSPS) is 20.1. The van der Waals surface area contributed by atoms with Crippen molar-refractivity contribution in [2.75, 3.05) is 25.1 Å². The Kier molecular flexibility index (Phi) is 4.98. The Morgan fingerprint density at radius 2 is 2.33 bits per heavy atom. The van der Waals surface area contributed by atoms with Crippen LogP contribution in [0.2, 0.25) is 0 Å². The van der Waals surface area contributed by atoms with Gasteiger partial charge in [-0.2, -0.15) is 4.98 Å². The summed E-state index contributed by atoms with van der Waals surface area (Å²) in [6.45, 7) is 5.64. The summed E-state index contributed by atoms with van der Waals surface area (Å²) in [5.74, 6) is 1.05. The first kappa shape index (κ1) is 15.5. The number of piperidine rings is 1. The van der Waals surface area contributed by atoms with Crippen LogP contribution in [0.1, 0.15) is 31.9 Å². The van der Waals surface area contributed by atoms with E-state index < -0.39 is 5.97 Å². The molecule has 1 aliphatic heterocycles. The molecule has 0 bridgehead atoms. The van der Waals surface area contributed by atoms with E-state index in [4.69, 9.17) is 9.84 Å². The van der Waals surface area contributed by atoms with Crippen LogP contribution in [0.15, 0.2) is 6.07 Å². The Hall–Kier alpha value is -1.85. The molecule has 1 aromatic rings. The standard InChI is InChI=1S/C15H23N3O3/c1-10(7-14(19)20)12-5-4-6-18(9-12)15-16-11(2)8-13(17-15)21-3/h8,10,12H,4-7,9H2,1-3H3,(H,19,20). The third kappa shape index (κ3) is 4.06. The minimum absolute atomic E-state index is 0.164. The first-order valence-electron chi connectivity index (χ1n) is 7.36. The van der Waals surface area contributed by atoms with Crippen molar-refractivity contribution in [2.24, 2.45) is 11.8 Å². The summed E-state index contributed by atoms with van der Waals surface area (Å²) < 4.78 is 5.20. The molecule has 1 fully saturated rings. The number of methoxy groups -OCH3 is 1. The van der Waals surface area contributed by atoms with E-state index in [1.165, 1.54) is 0 Å². The van der Waals surface area contributed by atoms with Crippen LogP contribution in [0.25, 0.3) is 0 Å². The number of aryl methyl sites for hydroxylation is 1. The highest BCUT2D eigenvalue weighted by Gasteiger charge is 2.27. The van der Waals surface area contributed by atoms with Crippen LogP contribution in [0.4, 0.5) is 5.95 Å². The van der Waals surface area contributed by atoms with Gasteiger partial charge in [0.2, 0.25) is 11.8 Å². The molecule has 6 heteroatoms. The molecule has 6 nitrogen and oxygen atoms in total. The van der Waals surface area contributed by atoms with Crippen LogP contribution in [0.3, 0.4) is 0 Å². The minimum atomic E-state index is -0.729. The van der Waals surface area contributed by atoms with Crippen LogP contribution >= 0.6 is 0 Å². The Balaban J connectivity index is 2.10. The summed E-state index contributed by atoms with van der Waals surface area (Å²) in [5, 5.41) is 8.95. The lowest BCUT2D eigenvalue weighted by atomic mass is 9.85. The zero-order valence-electron chi connectivity index (χ0n) is 12.9. The van der Waals surface area contributed by atoms with Crippen molar-refractivity contribution in [3.05, 3.63) is 11.8 Å². The molecule has 0 aromatic carbocycles. The maximum absolute atomic E-state index is 10.9. The number of aromatic nitrogens is 2. The topological polar surface area (TPSA) is 75.5 Å². The Morgan fingerprint density at radius 1 is 1.57 bits per heavy atom. The van der Waals surface area contributed by atoms with Crippen LogP contribution in [0.5, 0.6) is 5.88 Å². The van der Waals surface area contributed by atoms with Crippen molar-refractivity contribution in [1.29, 1.82) is 0 Å². The van der Waals surface area contributed by atoms with Gasteiger partial charge in [0.1, 0.15) is 0 Å². The number of hydrogen-bond donors (Lipinski definition) is 1. The third-order valence-electron chi connectivity index (χ3n) is 4.07. The fraction of sp³-hybridized carbons (Fsp3) is 0.667. The molecular formula is C15H23N3O3. The predicted octanol–water partition coefficient (Wildman–Crippen LogP) is 2.12. The number of hydrogen-bond acceptors (Lipinski definition) is 5. The number of nitrogens with zero attached hydrogens (tertiary/aromatic N) is 3. The maximum Gasteiger partial charge on any atom is 0.303 e. The summed E-state index contributed by atoms with van der Waals surface area (Å²) in [5.41, 5.74) is 0.873. The van der Waals surface area contributed by atoms with Gasteiger partial charge >= 0.3 is 5.97 Å². The van der Waals surface area contributed by atoms with Gasteiger partial charge in [-0.25, -0.2) is 4.98 Å². The molecule has 1 N–H and O–H groups in total. The number of carbonyl (C=O) groups is 1. The second-order valence-electron chi connectivity index (χ2n) is 5.78. The van der Waals surface area contributed by atoms with Gasteiger partial charge in [-0.1, -0.05) is 6.92 Å². The van der Waals surface area contributed by atoms with Crippen LogP contribution in [-0.4, -0.2) is 41.2 Å². The van der Waals surface area contributed by atoms with E-state index in [-0.39, 0.29) is 12.3 Å². The highest BCUT2D eigenvalue weighted by molar-refractivity contribution is 5.67. The fourth-order valence-corrected chi connectivity index (χ4v) is 2.87.